The summed E-state index contributed by atoms with van der Waals surface area (Å²) in [6, 6.07) is 0. The number of carbonyl (C=O) groups is 3. The largest absolute Gasteiger partial charge is 0.478 e. The molecule has 0 aromatic rings. The molecule has 0 saturated heterocycles. The van der Waals surface area contributed by atoms with Gasteiger partial charge >= 0.3 is 11.9 Å². The molecule has 0 aromatic heterocycles. The summed E-state index contributed by atoms with van der Waals surface area (Å²) in [5.41, 5.74) is 0. The first-order valence-corrected chi connectivity index (χ1v) is 5.72. The van der Waals surface area contributed by atoms with Gasteiger partial charge in [0.1, 0.15) is 6.54 Å². The molecule has 0 unspecified atom stereocenters. The molecule has 0 heterocycles. The van der Waals surface area contributed by atoms with Crippen LogP contribution in [0.15, 0.2) is 12.2 Å². The Bertz CT molecular complexity index is 335. The Morgan fingerprint density at radius 2 is 1.89 bits per heavy atom. The van der Waals surface area contributed by atoms with Gasteiger partial charge in [0.05, 0.1) is 6.61 Å². The van der Waals surface area contributed by atoms with E-state index in [1.165, 1.54) is 4.90 Å². The molecule has 0 aromatic carbocycles. The zero-order valence-corrected chi connectivity index (χ0v) is 10.9. The van der Waals surface area contributed by atoms with Crippen molar-refractivity contribution in [2.75, 3.05) is 19.7 Å². The molecule has 18 heavy (non-hydrogen) atoms. The first-order valence-electron chi connectivity index (χ1n) is 5.72. The second-order valence-electron chi connectivity index (χ2n) is 4.09. The van der Waals surface area contributed by atoms with Gasteiger partial charge in [-0.2, -0.15) is 0 Å². The van der Waals surface area contributed by atoms with E-state index >= 15 is 0 Å². The summed E-state index contributed by atoms with van der Waals surface area (Å²) in [6.07, 6.45) is 1.69. The minimum absolute atomic E-state index is 0.168. The lowest BCUT2D eigenvalue weighted by atomic mass is 10.2. The van der Waals surface area contributed by atoms with E-state index < -0.39 is 17.8 Å². The number of amides is 1. The van der Waals surface area contributed by atoms with Gasteiger partial charge in [0.25, 0.3) is 0 Å². The Labute approximate surface area is 106 Å². The molecular weight excluding hydrogens is 238 g/mol. The van der Waals surface area contributed by atoms with Gasteiger partial charge < -0.3 is 14.7 Å². The third-order valence-electron chi connectivity index (χ3n) is 1.89. The summed E-state index contributed by atoms with van der Waals surface area (Å²) < 4.78 is 4.76. The zero-order valence-electron chi connectivity index (χ0n) is 10.9. The highest BCUT2D eigenvalue weighted by atomic mass is 16.5. The summed E-state index contributed by atoms with van der Waals surface area (Å²) >= 11 is 0. The third-order valence-corrected chi connectivity index (χ3v) is 1.89. The van der Waals surface area contributed by atoms with Crippen molar-refractivity contribution in [3.05, 3.63) is 12.2 Å². The zero-order chi connectivity index (χ0) is 14.1. The van der Waals surface area contributed by atoms with E-state index in [9.17, 15) is 14.4 Å². The maximum absolute atomic E-state index is 11.7. The van der Waals surface area contributed by atoms with Crippen LogP contribution in [-0.2, 0) is 19.1 Å². The number of carbonyl (C=O) groups excluding carboxylic acids is 2. The summed E-state index contributed by atoms with van der Waals surface area (Å²) in [4.78, 5) is 34.6. The van der Waals surface area contributed by atoms with Crippen LogP contribution >= 0.6 is 0 Å². The minimum atomic E-state index is -1.20. The highest BCUT2D eigenvalue weighted by Gasteiger charge is 2.17. The molecule has 0 radical (unpaired) electrons. The minimum Gasteiger partial charge on any atom is -0.478 e. The molecule has 0 aliphatic rings. The van der Waals surface area contributed by atoms with Crippen LogP contribution in [0.25, 0.3) is 0 Å². The fraction of sp³-hybridized carbons (Fsp3) is 0.583. The standard InChI is InChI=1S/C12H19NO5/c1-4-18-12(17)8-13(7-9(2)3)10(14)5-6-11(15)16/h5-6,9H,4,7-8H2,1-3H3,(H,15,16)/b6-5+. The summed E-state index contributed by atoms with van der Waals surface area (Å²) in [5.74, 6) is -2.06. The highest BCUT2D eigenvalue weighted by molar-refractivity contribution is 5.95. The van der Waals surface area contributed by atoms with E-state index in [1.54, 1.807) is 6.92 Å². The van der Waals surface area contributed by atoms with Gasteiger partial charge in [0.2, 0.25) is 5.91 Å². The van der Waals surface area contributed by atoms with E-state index in [4.69, 9.17) is 9.84 Å². The van der Waals surface area contributed by atoms with Gasteiger partial charge in [-0.3, -0.25) is 9.59 Å². The molecule has 0 aliphatic carbocycles. The number of carboxylic acids is 1. The molecule has 6 heteroatoms. The van der Waals surface area contributed by atoms with Crippen LogP contribution in [0.2, 0.25) is 0 Å². The smallest absolute Gasteiger partial charge is 0.328 e. The van der Waals surface area contributed by atoms with E-state index in [0.29, 0.717) is 6.54 Å². The molecule has 0 aliphatic heterocycles. The predicted molar refractivity (Wildman–Crippen MR) is 64.8 cm³/mol. The maximum Gasteiger partial charge on any atom is 0.328 e. The molecule has 0 fully saturated rings. The predicted octanol–water partition coefficient (Wildman–Crippen LogP) is 0.675. The van der Waals surface area contributed by atoms with E-state index in [-0.39, 0.29) is 19.1 Å². The second kappa shape index (κ2) is 8.27. The quantitative estimate of drug-likeness (QED) is 0.535. The summed E-state index contributed by atoms with van der Waals surface area (Å²) in [6.45, 7) is 5.90. The van der Waals surface area contributed by atoms with Crippen LogP contribution in [0.5, 0.6) is 0 Å². The Morgan fingerprint density at radius 1 is 1.28 bits per heavy atom. The van der Waals surface area contributed by atoms with Crippen molar-refractivity contribution in [2.24, 2.45) is 5.92 Å². The molecule has 0 bridgehead atoms. The van der Waals surface area contributed by atoms with E-state index in [2.05, 4.69) is 0 Å². The van der Waals surface area contributed by atoms with Crippen molar-refractivity contribution in [3.63, 3.8) is 0 Å². The normalized spacial score (nSPS) is 10.7. The number of hydrogen-bond acceptors (Lipinski definition) is 4. The molecular formula is C12H19NO5. The number of hydrogen-bond donors (Lipinski definition) is 1. The molecule has 1 N–H and O–H groups in total. The van der Waals surface area contributed by atoms with Gasteiger partial charge in [0, 0.05) is 18.7 Å². The number of esters is 1. The average molecular weight is 257 g/mol. The van der Waals surface area contributed by atoms with Crippen molar-refractivity contribution in [2.45, 2.75) is 20.8 Å². The summed E-state index contributed by atoms with van der Waals surface area (Å²) in [5, 5.41) is 8.44. The van der Waals surface area contributed by atoms with Gasteiger partial charge in [0.15, 0.2) is 0 Å². The summed E-state index contributed by atoms with van der Waals surface area (Å²) in [7, 11) is 0. The third kappa shape index (κ3) is 7.43. The Morgan fingerprint density at radius 3 is 2.33 bits per heavy atom. The second-order valence-corrected chi connectivity index (χ2v) is 4.09. The lowest BCUT2D eigenvalue weighted by molar-refractivity contribution is -0.147. The number of ether oxygens (including phenoxy) is 1. The molecule has 6 nitrogen and oxygen atoms in total. The topological polar surface area (TPSA) is 83.9 Å². The highest BCUT2D eigenvalue weighted by Crippen LogP contribution is 2.01. The van der Waals surface area contributed by atoms with Crippen LogP contribution in [0, 0.1) is 5.92 Å². The van der Waals surface area contributed by atoms with Crippen LogP contribution in [0.3, 0.4) is 0 Å². The van der Waals surface area contributed by atoms with E-state index in [1.807, 2.05) is 13.8 Å². The Kier molecular flexibility index (Phi) is 7.42. The van der Waals surface area contributed by atoms with Gasteiger partial charge in [-0.25, -0.2) is 4.79 Å². The molecule has 0 rings (SSSR count). The Balaban J connectivity index is 4.61. The molecule has 0 spiro atoms. The number of carboxylic acid groups (broad SMARTS) is 1. The average Bonchev–Trinajstić information content (AvgIpc) is 2.24. The van der Waals surface area contributed by atoms with Crippen LogP contribution < -0.4 is 0 Å². The van der Waals surface area contributed by atoms with Crippen LogP contribution in [0.1, 0.15) is 20.8 Å². The van der Waals surface area contributed by atoms with Gasteiger partial charge in [-0.05, 0) is 12.8 Å². The first-order chi connectivity index (χ1) is 8.36. The van der Waals surface area contributed by atoms with Crippen molar-refractivity contribution in [1.29, 1.82) is 0 Å². The fourth-order valence-electron chi connectivity index (χ4n) is 1.28. The van der Waals surface area contributed by atoms with Crippen molar-refractivity contribution in [1.82, 2.24) is 4.90 Å². The monoisotopic (exact) mass is 257 g/mol. The molecule has 0 atom stereocenters. The Hall–Kier alpha value is -1.85. The molecule has 102 valence electrons. The maximum atomic E-state index is 11.7. The van der Waals surface area contributed by atoms with Crippen molar-refractivity contribution >= 4 is 17.8 Å². The molecule has 1 amide bonds. The van der Waals surface area contributed by atoms with Crippen LogP contribution in [-0.4, -0.2) is 47.5 Å². The lowest BCUT2D eigenvalue weighted by Crippen LogP contribution is -2.38. The number of nitrogens with zero attached hydrogens (tertiary/aromatic N) is 1. The van der Waals surface area contributed by atoms with Crippen LogP contribution in [0.4, 0.5) is 0 Å². The number of rotatable bonds is 7. The van der Waals surface area contributed by atoms with Crippen molar-refractivity contribution in [3.8, 4) is 0 Å². The first kappa shape index (κ1) is 16.1. The van der Waals surface area contributed by atoms with Crippen molar-refractivity contribution < 1.29 is 24.2 Å². The molecule has 0 saturated carbocycles. The van der Waals surface area contributed by atoms with E-state index in [0.717, 1.165) is 12.2 Å². The van der Waals surface area contributed by atoms with Gasteiger partial charge in [-0.1, -0.05) is 13.8 Å². The number of aliphatic carboxylic acids is 1. The van der Waals surface area contributed by atoms with Gasteiger partial charge in [-0.15, -0.1) is 0 Å². The lowest BCUT2D eigenvalue weighted by Gasteiger charge is -2.22. The fourth-order valence-corrected chi connectivity index (χ4v) is 1.28. The SMILES string of the molecule is CCOC(=O)CN(CC(C)C)C(=O)/C=C/C(=O)O.